The maximum atomic E-state index is 14.5. The number of aromatic nitrogens is 2. The summed E-state index contributed by atoms with van der Waals surface area (Å²) in [5.74, 6) is -7.08. The number of benzene rings is 2. The van der Waals surface area contributed by atoms with Gasteiger partial charge in [0.2, 0.25) is 0 Å². The van der Waals surface area contributed by atoms with Gasteiger partial charge in [0.05, 0.1) is 5.69 Å². The van der Waals surface area contributed by atoms with E-state index < -0.39 is 40.4 Å². The van der Waals surface area contributed by atoms with E-state index in [2.05, 4.69) is 10.4 Å². The summed E-state index contributed by atoms with van der Waals surface area (Å²) < 4.78 is 82.7. The molecule has 3 nitrogen and oxygen atoms in total. The Kier molecular flexibility index (Phi) is 5.10. The van der Waals surface area contributed by atoms with E-state index in [-0.39, 0.29) is 23.5 Å². The van der Waals surface area contributed by atoms with Crippen molar-refractivity contribution >= 4 is 5.69 Å². The van der Waals surface area contributed by atoms with Crippen molar-refractivity contribution in [2.24, 2.45) is 7.05 Å². The molecule has 0 saturated carbocycles. The van der Waals surface area contributed by atoms with Crippen molar-refractivity contribution in [2.45, 2.75) is 19.4 Å². The predicted molar refractivity (Wildman–Crippen MR) is 91.8 cm³/mol. The summed E-state index contributed by atoms with van der Waals surface area (Å²) in [6.45, 7) is 0.352. The Morgan fingerprint density at radius 3 is 2.14 bits per heavy atom. The van der Waals surface area contributed by atoms with Crippen LogP contribution < -0.4 is 5.32 Å². The molecule has 1 N–H and O–H groups in total. The van der Waals surface area contributed by atoms with Gasteiger partial charge >= 0.3 is 0 Å². The molecular weight excluding hydrogens is 384 g/mol. The molecule has 0 spiro atoms. The second kappa shape index (κ2) is 7.21. The number of hydrogen-bond donors (Lipinski definition) is 1. The average Bonchev–Trinajstić information content (AvgIpc) is 2.96. The fourth-order valence-electron chi connectivity index (χ4n) is 2.70. The molecule has 0 atom stereocenters. The number of anilines is 1. The summed E-state index contributed by atoms with van der Waals surface area (Å²) in [7, 11) is 1.41. The molecule has 0 saturated heterocycles. The lowest BCUT2D eigenvalue weighted by molar-refractivity contribution is 0.0122. The zero-order valence-corrected chi connectivity index (χ0v) is 14.8. The molecule has 0 fully saturated rings. The van der Waals surface area contributed by atoms with E-state index in [1.807, 2.05) is 0 Å². The summed E-state index contributed by atoms with van der Waals surface area (Å²) in [4.78, 5) is 0. The van der Waals surface area contributed by atoms with Crippen LogP contribution in [0.4, 0.5) is 32.0 Å². The molecule has 3 aromatic rings. The van der Waals surface area contributed by atoms with E-state index in [0.717, 1.165) is 16.8 Å². The van der Waals surface area contributed by atoms with Gasteiger partial charge in [-0.1, -0.05) is 0 Å². The summed E-state index contributed by atoms with van der Waals surface area (Å²) in [6.07, 6.45) is 0. The Bertz CT molecular complexity index is 1000. The third kappa shape index (κ3) is 3.97. The highest BCUT2D eigenvalue weighted by Crippen LogP contribution is 2.31. The zero-order valence-electron chi connectivity index (χ0n) is 14.8. The molecule has 0 aliphatic heterocycles. The number of aryl methyl sites for hydroxylation is 1. The molecule has 148 valence electrons. The van der Waals surface area contributed by atoms with Crippen LogP contribution in [0.1, 0.15) is 18.2 Å². The standard InChI is InChI=1S/C19H15F6N3/c1-19(24,25)18-8-17(28(2)27-18)12-4-3-11(7-16(12)23)26-9-13-14(21)5-10(20)6-15(13)22/h3-8,26H,9H2,1-2H3. The lowest BCUT2D eigenvalue weighted by Gasteiger charge is -2.10. The van der Waals surface area contributed by atoms with Gasteiger partial charge < -0.3 is 5.32 Å². The van der Waals surface area contributed by atoms with Crippen molar-refractivity contribution < 1.29 is 26.3 Å². The molecule has 0 aliphatic carbocycles. The largest absolute Gasteiger partial charge is 0.381 e. The third-order valence-electron chi connectivity index (χ3n) is 4.15. The van der Waals surface area contributed by atoms with Gasteiger partial charge in [-0.3, -0.25) is 4.68 Å². The SMILES string of the molecule is Cn1nc(C(C)(F)F)cc1-c1ccc(NCc2c(F)cc(F)cc2F)cc1F. The summed E-state index contributed by atoms with van der Waals surface area (Å²) in [6, 6.07) is 6.01. The summed E-state index contributed by atoms with van der Waals surface area (Å²) in [5, 5.41) is 6.34. The maximum Gasteiger partial charge on any atom is 0.288 e. The summed E-state index contributed by atoms with van der Waals surface area (Å²) in [5.41, 5.74) is -0.500. The third-order valence-corrected chi connectivity index (χ3v) is 4.15. The fourth-order valence-corrected chi connectivity index (χ4v) is 2.70. The quantitative estimate of drug-likeness (QED) is 0.585. The average molecular weight is 399 g/mol. The van der Waals surface area contributed by atoms with Crippen LogP contribution in [0.25, 0.3) is 11.3 Å². The van der Waals surface area contributed by atoms with Gasteiger partial charge in [-0.15, -0.1) is 0 Å². The first-order valence-electron chi connectivity index (χ1n) is 8.16. The van der Waals surface area contributed by atoms with Crippen molar-refractivity contribution in [3.05, 3.63) is 70.9 Å². The zero-order chi connectivity index (χ0) is 20.6. The Hall–Kier alpha value is -2.97. The Balaban J connectivity index is 1.83. The van der Waals surface area contributed by atoms with Crippen LogP contribution in [0.5, 0.6) is 0 Å². The lowest BCUT2D eigenvalue weighted by Crippen LogP contribution is -2.08. The minimum Gasteiger partial charge on any atom is -0.381 e. The van der Waals surface area contributed by atoms with Gasteiger partial charge in [-0.05, 0) is 24.3 Å². The first-order valence-corrected chi connectivity index (χ1v) is 8.16. The molecule has 1 aromatic heterocycles. The van der Waals surface area contributed by atoms with E-state index >= 15 is 0 Å². The smallest absolute Gasteiger partial charge is 0.288 e. The summed E-state index contributed by atoms with van der Waals surface area (Å²) >= 11 is 0. The Labute approximate surface area is 156 Å². The van der Waals surface area contributed by atoms with E-state index in [1.54, 1.807) is 0 Å². The number of halogens is 6. The number of rotatable bonds is 5. The van der Waals surface area contributed by atoms with Gasteiger partial charge in [0.1, 0.15) is 29.0 Å². The molecule has 0 unspecified atom stereocenters. The second-order valence-electron chi connectivity index (χ2n) is 6.32. The van der Waals surface area contributed by atoms with E-state index in [9.17, 15) is 26.3 Å². The van der Waals surface area contributed by atoms with Crippen molar-refractivity contribution in [3.63, 3.8) is 0 Å². The van der Waals surface area contributed by atoms with Crippen LogP contribution in [-0.4, -0.2) is 9.78 Å². The van der Waals surface area contributed by atoms with Gasteiger partial charge in [0, 0.05) is 49.5 Å². The van der Waals surface area contributed by atoms with Crippen LogP contribution in [-0.2, 0) is 19.5 Å². The number of nitrogens with zero attached hydrogens (tertiary/aromatic N) is 2. The Morgan fingerprint density at radius 2 is 1.61 bits per heavy atom. The van der Waals surface area contributed by atoms with Crippen LogP contribution in [0.3, 0.4) is 0 Å². The van der Waals surface area contributed by atoms with Crippen molar-refractivity contribution in [2.75, 3.05) is 5.32 Å². The minimum absolute atomic E-state index is 0.0372. The van der Waals surface area contributed by atoms with E-state index in [0.29, 0.717) is 19.1 Å². The predicted octanol–water partition coefficient (Wildman–Crippen LogP) is 5.37. The van der Waals surface area contributed by atoms with Crippen molar-refractivity contribution in [3.8, 4) is 11.3 Å². The molecule has 0 aliphatic rings. The highest BCUT2D eigenvalue weighted by atomic mass is 19.3. The molecule has 0 bridgehead atoms. The van der Waals surface area contributed by atoms with E-state index in [4.69, 9.17) is 0 Å². The fraction of sp³-hybridized carbons (Fsp3) is 0.211. The molecule has 3 rings (SSSR count). The van der Waals surface area contributed by atoms with E-state index in [1.165, 1.54) is 19.2 Å². The van der Waals surface area contributed by atoms with Gasteiger partial charge in [-0.2, -0.15) is 13.9 Å². The van der Waals surface area contributed by atoms with Gasteiger partial charge in [-0.25, -0.2) is 17.6 Å². The molecule has 9 heteroatoms. The van der Waals surface area contributed by atoms with Crippen molar-refractivity contribution in [1.82, 2.24) is 9.78 Å². The molecule has 28 heavy (non-hydrogen) atoms. The number of nitrogens with one attached hydrogen (secondary N) is 1. The highest BCUT2D eigenvalue weighted by molar-refractivity contribution is 5.64. The van der Waals surface area contributed by atoms with Crippen LogP contribution in [0.2, 0.25) is 0 Å². The van der Waals surface area contributed by atoms with Crippen LogP contribution >= 0.6 is 0 Å². The maximum absolute atomic E-state index is 14.5. The molecule has 1 heterocycles. The highest BCUT2D eigenvalue weighted by Gasteiger charge is 2.29. The van der Waals surface area contributed by atoms with Crippen LogP contribution in [0.15, 0.2) is 36.4 Å². The topological polar surface area (TPSA) is 29.9 Å². The lowest BCUT2D eigenvalue weighted by atomic mass is 10.1. The molecular formula is C19H15F6N3. The number of hydrogen-bond acceptors (Lipinski definition) is 2. The number of alkyl halides is 2. The monoisotopic (exact) mass is 399 g/mol. The Morgan fingerprint density at radius 1 is 0.964 bits per heavy atom. The van der Waals surface area contributed by atoms with Crippen LogP contribution in [0, 0.1) is 23.3 Å². The first kappa shape index (κ1) is 19.8. The van der Waals surface area contributed by atoms with Crippen molar-refractivity contribution in [1.29, 1.82) is 0 Å². The molecule has 2 aromatic carbocycles. The normalized spacial score (nSPS) is 11.7. The molecule has 0 radical (unpaired) electrons. The second-order valence-corrected chi connectivity index (χ2v) is 6.32. The van der Waals surface area contributed by atoms with Gasteiger partial charge in [0.25, 0.3) is 5.92 Å². The molecule has 0 amide bonds. The van der Waals surface area contributed by atoms with Gasteiger partial charge in [0.15, 0.2) is 0 Å². The minimum atomic E-state index is -3.17. The first-order chi connectivity index (χ1) is 13.1.